The average molecular weight is 174 g/mol. The van der Waals surface area contributed by atoms with E-state index in [0.717, 1.165) is 0 Å². The minimum Gasteiger partial charge on any atom is -0.427 e. The van der Waals surface area contributed by atoms with Crippen molar-refractivity contribution >= 4 is 15.2 Å². The summed E-state index contributed by atoms with van der Waals surface area (Å²) in [5, 5.41) is 17.9. The highest BCUT2D eigenvalue weighted by molar-refractivity contribution is 6.87. The molecule has 0 aromatic heterocycles. The van der Waals surface area contributed by atoms with Crippen LogP contribution >= 0.6 is 0 Å². The normalized spacial score (nSPS) is 13.4. The van der Waals surface area contributed by atoms with Gasteiger partial charge in [-0.25, -0.2) is 0 Å². The van der Waals surface area contributed by atoms with Crippen LogP contribution in [0.4, 0.5) is 0 Å². The Balaban J connectivity index is 4.22. The largest absolute Gasteiger partial charge is 0.448 e. The highest BCUT2D eigenvalue weighted by Crippen LogP contribution is 2.38. The van der Waals surface area contributed by atoms with Gasteiger partial charge in [0, 0.05) is 0 Å². The van der Waals surface area contributed by atoms with Crippen molar-refractivity contribution in [2.75, 3.05) is 0 Å². The van der Waals surface area contributed by atoms with E-state index in [0.29, 0.717) is 5.94 Å². The van der Waals surface area contributed by atoms with Crippen molar-refractivity contribution in [1.82, 2.24) is 0 Å². The lowest BCUT2D eigenvalue weighted by molar-refractivity contribution is 0.412. The van der Waals surface area contributed by atoms with Gasteiger partial charge in [0.05, 0.1) is 8.07 Å². The van der Waals surface area contributed by atoms with Crippen molar-refractivity contribution in [3.8, 4) is 0 Å². The summed E-state index contributed by atoms with van der Waals surface area (Å²) in [5.41, 5.74) is 0. The second-order valence-electron chi connectivity index (χ2n) is 4.82. The monoisotopic (exact) mass is 174 g/mol. The van der Waals surface area contributed by atoms with Crippen molar-refractivity contribution in [2.24, 2.45) is 0 Å². The summed E-state index contributed by atoms with van der Waals surface area (Å²) in [4.78, 5) is 0. The molecule has 0 aromatic rings. The summed E-state index contributed by atoms with van der Waals surface area (Å²) >= 11 is 0. The first-order valence-corrected chi connectivity index (χ1v) is 7.24. The first-order chi connectivity index (χ1) is 4.67. The highest BCUT2D eigenvalue weighted by Gasteiger charge is 2.37. The second kappa shape index (κ2) is 3.29. The minimum absolute atomic E-state index is 0.247. The Kier molecular flexibility index (Phi) is 3.35. The fraction of sp³-hybridized carbons (Fsp3) is 1.00. The average Bonchev–Trinajstić information content (AvgIpc) is 1.56. The molecule has 66 valence electrons. The van der Waals surface area contributed by atoms with Crippen LogP contribution < -0.4 is 0 Å². The molecule has 0 unspecified atom stereocenters. The van der Waals surface area contributed by atoms with Gasteiger partial charge in [0.1, 0.15) is 0 Å². The lowest BCUT2D eigenvalue weighted by atomic mass is 9.97. The molecule has 0 saturated carbocycles. The third kappa shape index (κ3) is 3.40. The van der Waals surface area contributed by atoms with Crippen LogP contribution in [0.3, 0.4) is 0 Å². The topological polar surface area (TPSA) is 40.5 Å². The Morgan fingerprint density at radius 3 is 1.64 bits per heavy atom. The lowest BCUT2D eigenvalue weighted by Gasteiger charge is -2.36. The summed E-state index contributed by atoms with van der Waals surface area (Å²) in [7, 11) is -2.60. The Hall–Kier alpha value is 0.202. The standard InChI is InChI=1S/C7H19BO2Si/c1-7(2,3)11(4,5)6-8(9)10/h9-10H,6H2,1-5H3. The lowest BCUT2D eigenvalue weighted by Crippen LogP contribution is -2.41. The van der Waals surface area contributed by atoms with Gasteiger partial charge in [0.15, 0.2) is 0 Å². The smallest absolute Gasteiger partial charge is 0.427 e. The van der Waals surface area contributed by atoms with Crippen molar-refractivity contribution in [3.05, 3.63) is 0 Å². The van der Waals surface area contributed by atoms with Gasteiger partial charge in [-0.05, 0) is 11.0 Å². The molecular formula is C7H19BO2Si. The molecule has 0 heterocycles. The molecule has 4 heteroatoms. The van der Waals surface area contributed by atoms with Crippen LogP contribution in [0.15, 0.2) is 0 Å². The molecule has 0 bridgehead atoms. The Morgan fingerprint density at radius 2 is 1.55 bits per heavy atom. The maximum atomic E-state index is 8.84. The van der Waals surface area contributed by atoms with Gasteiger partial charge < -0.3 is 10.0 Å². The SMILES string of the molecule is CC(C)(C)[Si](C)(C)CB(O)O. The van der Waals surface area contributed by atoms with E-state index in [2.05, 4.69) is 33.9 Å². The highest BCUT2D eigenvalue weighted by atomic mass is 28.3. The van der Waals surface area contributed by atoms with E-state index in [9.17, 15) is 0 Å². The summed E-state index contributed by atoms with van der Waals surface area (Å²) in [5.74, 6) is 0.566. The molecule has 11 heavy (non-hydrogen) atoms. The van der Waals surface area contributed by atoms with Crippen LogP contribution in [0, 0.1) is 0 Å². The maximum absolute atomic E-state index is 8.84. The van der Waals surface area contributed by atoms with Gasteiger partial charge in [0.25, 0.3) is 0 Å². The third-order valence-electron chi connectivity index (χ3n) is 2.72. The van der Waals surface area contributed by atoms with E-state index in [1.807, 2.05) is 0 Å². The molecule has 0 amide bonds. The molecule has 0 aliphatic carbocycles. The van der Waals surface area contributed by atoms with E-state index in [-0.39, 0.29) is 5.04 Å². The van der Waals surface area contributed by atoms with Crippen LogP contribution in [-0.2, 0) is 0 Å². The Labute approximate surface area is 70.8 Å². The van der Waals surface area contributed by atoms with Crippen molar-refractivity contribution in [1.29, 1.82) is 0 Å². The van der Waals surface area contributed by atoms with E-state index < -0.39 is 15.2 Å². The summed E-state index contributed by atoms with van der Waals surface area (Å²) < 4.78 is 0. The minimum atomic E-state index is -1.47. The van der Waals surface area contributed by atoms with Crippen LogP contribution in [-0.4, -0.2) is 25.2 Å². The molecular weight excluding hydrogens is 155 g/mol. The predicted octanol–water partition coefficient (Wildman–Crippen LogP) is 1.51. The molecule has 0 atom stereocenters. The fourth-order valence-corrected chi connectivity index (χ4v) is 2.29. The van der Waals surface area contributed by atoms with Crippen molar-refractivity contribution < 1.29 is 10.0 Å². The molecule has 0 saturated heterocycles. The zero-order chi connectivity index (χ0) is 9.28. The molecule has 0 aromatic carbocycles. The van der Waals surface area contributed by atoms with Gasteiger partial charge in [-0.3, -0.25) is 0 Å². The first kappa shape index (κ1) is 11.2. The number of rotatable bonds is 2. The number of hydrogen-bond acceptors (Lipinski definition) is 2. The molecule has 0 fully saturated rings. The molecule has 0 spiro atoms. The van der Waals surface area contributed by atoms with Crippen LogP contribution in [0.25, 0.3) is 0 Å². The van der Waals surface area contributed by atoms with Gasteiger partial charge in [-0.15, -0.1) is 0 Å². The van der Waals surface area contributed by atoms with E-state index >= 15 is 0 Å². The summed E-state index contributed by atoms with van der Waals surface area (Å²) in [6.45, 7) is 10.9. The van der Waals surface area contributed by atoms with E-state index in [1.54, 1.807) is 0 Å². The van der Waals surface area contributed by atoms with Crippen molar-refractivity contribution in [3.63, 3.8) is 0 Å². The summed E-state index contributed by atoms with van der Waals surface area (Å²) in [6.07, 6.45) is 0. The fourth-order valence-electron chi connectivity index (χ4n) is 0.763. The van der Waals surface area contributed by atoms with Crippen LogP contribution in [0.5, 0.6) is 0 Å². The molecule has 0 radical (unpaired) electrons. The van der Waals surface area contributed by atoms with Gasteiger partial charge in [-0.1, -0.05) is 33.9 Å². The predicted molar refractivity (Wildman–Crippen MR) is 52.2 cm³/mol. The van der Waals surface area contributed by atoms with E-state index in [4.69, 9.17) is 10.0 Å². The molecule has 0 aliphatic heterocycles. The number of hydrogen-bond donors (Lipinski definition) is 2. The van der Waals surface area contributed by atoms with Gasteiger partial charge in [0.2, 0.25) is 0 Å². The van der Waals surface area contributed by atoms with Gasteiger partial charge in [-0.2, -0.15) is 0 Å². The van der Waals surface area contributed by atoms with Crippen LogP contribution in [0.1, 0.15) is 20.8 Å². The maximum Gasteiger partial charge on any atom is 0.448 e. The molecule has 2 nitrogen and oxygen atoms in total. The zero-order valence-electron chi connectivity index (χ0n) is 8.18. The Morgan fingerprint density at radius 1 is 1.18 bits per heavy atom. The third-order valence-corrected chi connectivity index (χ3v) is 8.17. The van der Waals surface area contributed by atoms with Crippen molar-refractivity contribution in [2.45, 2.75) is 44.8 Å². The summed E-state index contributed by atoms with van der Waals surface area (Å²) in [6, 6.07) is 0. The first-order valence-electron chi connectivity index (χ1n) is 4.03. The second-order valence-corrected chi connectivity index (χ2v) is 10.5. The van der Waals surface area contributed by atoms with E-state index in [1.165, 1.54) is 0 Å². The molecule has 2 N–H and O–H groups in total. The quantitative estimate of drug-likeness (QED) is 0.623. The zero-order valence-corrected chi connectivity index (χ0v) is 9.18. The van der Waals surface area contributed by atoms with Crippen LogP contribution in [0.2, 0.25) is 24.1 Å². The Bertz CT molecular complexity index is 129. The molecule has 0 rings (SSSR count). The van der Waals surface area contributed by atoms with Gasteiger partial charge >= 0.3 is 7.12 Å². The molecule has 0 aliphatic rings.